The lowest BCUT2D eigenvalue weighted by atomic mass is 10.0. The number of anilines is 3. The van der Waals surface area contributed by atoms with E-state index in [1.54, 1.807) is 0 Å². The first-order valence-corrected chi connectivity index (χ1v) is 18.0. The first-order valence-electron chi connectivity index (χ1n) is 18.0. The molecule has 0 aliphatic carbocycles. The number of fused-ring (bicyclic) bond motifs is 6. The Morgan fingerprint density at radius 3 is 1.74 bits per heavy atom. The largest absolute Gasteiger partial charge is 0.456 e. The van der Waals surface area contributed by atoms with E-state index in [0.717, 1.165) is 55.7 Å². The van der Waals surface area contributed by atoms with E-state index in [1.807, 2.05) is 24.3 Å². The van der Waals surface area contributed by atoms with Crippen LogP contribution in [0.25, 0.3) is 71.7 Å². The Morgan fingerprint density at radius 1 is 0.453 bits per heavy atom. The van der Waals surface area contributed by atoms with Gasteiger partial charge in [-0.1, -0.05) is 115 Å². The van der Waals surface area contributed by atoms with E-state index in [1.165, 1.54) is 38.6 Å². The Hall–Kier alpha value is -7.04. The number of aromatic nitrogens is 1. The average molecular weight is 682 g/mol. The second-order valence-electron chi connectivity index (χ2n) is 13.6. The van der Waals surface area contributed by atoms with Gasteiger partial charge >= 0.3 is 0 Å². The van der Waals surface area contributed by atoms with Crippen LogP contribution in [0, 0.1) is 0 Å². The second kappa shape index (κ2) is 12.6. The van der Waals surface area contributed by atoms with Crippen molar-refractivity contribution in [1.82, 2.24) is 4.57 Å². The van der Waals surface area contributed by atoms with Crippen molar-refractivity contribution in [1.29, 1.82) is 0 Å². The molecular formula is C49H35N3O. The van der Waals surface area contributed by atoms with Gasteiger partial charge in [0.05, 0.1) is 22.4 Å². The number of nitrogen functional groups attached to an aromatic ring is 1. The quantitative estimate of drug-likeness (QED) is 0.170. The van der Waals surface area contributed by atoms with Gasteiger partial charge in [-0.15, -0.1) is 0 Å². The first-order chi connectivity index (χ1) is 26.2. The average Bonchev–Trinajstić information content (AvgIpc) is 3.74. The molecule has 0 radical (unpaired) electrons. The van der Waals surface area contributed by atoms with Crippen LogP contribution in [-0.2, 0) is 6.54 Å². The zero-order valence-corrected chi connectivity index (χ0v) is 29.0. The maximum Gasteiger partial charge on any atom is 0.137 e. The number of para-hydroxylation sites is 3. The minimum atomic E-state index is 0.677. The molecule has 0 aliphatic rings. The molecule has 2 N–H and O–H groups in total. The van der Waals surface area contributed by atoms with Crippen molar-refractivity contribution in [3.05, 3.63) is 194 Å². The smallest absolute Gasteiger partial charge is 0.137 e. The lowest BCUT2D eigenvalue weighted by Crippen LogP contribution is -2.17. The van der Waals surface area contributed by atoms with Crippen LogP contribution in [0.4, 0.5) is 17.1 Å². The predicted molar refractivity (Wildman–Crippen MR) is 222 cm³/mol. The zero-order valence-electron chi connectivity index (χ0n) is 29.0. The van der Waals surface area contributed by atoms with Gasteiger partial charge in [0.2, 0.25) is 0 Å². The summed E-state index contributed by atoms with van der Waals surface area (Å²) in [5, 5.41) is 4.63. The fourth-order valence-electron chi connectivity index (χ4n) is 7.78. The monoisotopic (exact) mass is 681 g/mol. The summed E-state index contributed by atoms with van der Waals surface area (Å²) in [6, 6.07) is 66.4. The Balaban J connectivity index is 1.13. The molecule has 0 fully saturated rings. The van der Waals surface area contributed by atoms with E-state index >= 15 is 0 Å². The summed E-state index contributed by atoms with van der Waals surface area (Å²) in [6.07, 6.45) is 0. The standard InChI is InChI=1S/C49H35N3O/c50-44-18-10-11-19-46(44)51(38-16-8-3-9-17-38)32-33-20-24-39(25-21-33)52-45-26-22-36(34-12-4-1-5-13-34)28-40(45)41-30-43-42-29-37(35-14-6-2-7-15-35)23-27-48(42)53-49(43)31-47(41)52/h1-31H,32,50H2. The highest BCUT2D eigenvalue weighted by molar-refractivity contribution is 6.18. The molecule has 4 nitrogen and oxygen atoms in total. The van der Waals surface area contributed by atoms with Crippen LogP contribution in [0.15, 0.2) is 192 Å². The Labute approximate surface area is 307 Å². The molecule has 0 saturated carbocycles. The summed E-state index contributed by atoms with van der Waals surface area (Å²) in [5.74, 6) is 0. The van der Waals surface area contributed by atoms with Crippen molar-refractivity contribution in [3.63, 3.8) is 0 Å². The number of nitrogens with two attached hydrogens (primary N) is 1. The van der Waals surface area contributed by atoms with E-state index in [9.17, 15) is 0 Å². The molecule has 53 heavy (non-hydrogen) atoms. The molecule has 0 spiro atoms. The number of hydrogen-bond donors (Lipinski definition) is 1. The minimum absolute atomic E-state index is 0.677. The zero-order chi connectivity index (χ0) is 35.3. The lowest BCUT2D eigenvalue weighted by molar-refractivity contribution is 0.669. The number of benzene rings is 8. The predicted octanol–water partition coefficient (Wildman–Crippen LogP) is 12.9. The maximum absolute atomic E-state index is 6.56. The van der Waals surface area contributed by atoms with Crippen molar-refractivity contribution >= 4 is 60.8 Å². The van der Waals surface area contributed by atoms with E-state index in [2.05, 4.69) is 173 Å². The normalized spacial score (nSPS) is 11.5. The molecule has 0 amide bonds. The van der Waals surface area contributed by atoms with Crippen LogP contribution in [0.1, 0.15) is 5.56 Å². The number of hydrogen-bond acceptors (Lipinski definition) is 3. The molecule has 2 heterocycles. The molecule has 10 rings (SSSR count). The highest BCUT2D eigenvalue weighted by Crippen LogP contribution is 2.41. The second-order valence-corrected chi connectivity index (χ2v) is 13.6. The van der Waals surface area contributed by atoms with Crippen molar-refractivity contribution < 1.29 is 4.42 Å². The van der Waals surface area contributed by atoms with E-state index < -0.39 is 0 Å². The topological polar surface area (TPSA) is 47.3 Å². The van der Waals surface area contributed by atoms with Gasteiger partial charge < -0.3 is 19.6 Å². The lowest BCUT2D eigenvalue weighted by Gasteiger charge is -2.26. The molecule has 8 aromatic carbocycles. The summed E-state index contributed by atoms with van der Waals surface area (Å²) in [6.45, 7) is 0.677. The number of nitrogens with zero attached hydrogens (tertiary/aromatic N) is 2. The van der Waals surface area contributed by atoms with Crippen molar-refractivity contribution in [2.45, 2.75) is 6.54 Å². The molecule has 0 bridgehead atoms. The number of rotatable bonds is 7. The third kappa shape index (κ3) is 5.40. The van der Waals surface area contributed by atoms with Crippen LogP contribution in [0.5, 0.6) is 0 Å². The molecule has 0 atom stereocenters. The van der Waals surface area contributed by atoms with Gasteiger partial charge in [-0.2, -0.15) is 0 Å². The van der Waals surface area contributed by atoms with Crippen LogP contribution >= 0.6 is 0 Å². The van der Waals surface area contributed by atoms with E-state index in [4.69, 9.17) is 10.2 Å². The fraction of sp³-hybridized carbons (Fsp3) is 0.0204. The van der Waals surface area contributed by atoms with Gasteiger partial charge in [0.1, 0.15) is 11.2 Å². The van der Waals surface area contributed by atoms with Crippen LogP contribution in [0.2, 0.25) is 0 Å². The molecule has 0 unspecified atom stereocenters. The fourth-order valence-corrected chi connectivity index (χ4v) is 7.78. The van der Waals surface area contributed by atoms with Crippen LogP contribution in [-0.4, -0.2) is 4.57 Å². The Morgan fingerprint density at radius 2 is 1.04 bits per heavy atom. The van der Waals surface area contributed by atoms with E-state index in [0.29, 0.717) is 6.54 Å². The summed E-state index contributed by atoms with van der Waals surface area (Å²) in [7, 11) is 0. The summed E-state index contributed by atoms with van der Waals surface area (Å²) < 4.78 is 8.93. The third-order valence-electron chi connectivity index (χ3n) is 10.4. The van der Waals surface area contributed by atoms with Gasteiger partial charge in [0.15, 0.2) is 0 Å². The molecular weight excluding hydrogens is 647 g/mol. The van der Waals surface area contributed by atoms with E-state index in [-0.39, 0.29) is 0 Å². The van der Waals surface area contributed by atoms with Gasteiger partial charge in [-0.3, -0.25) is 0 Å². The summed E-state index contributed by atoms with van der Waals surface area (Å²) >= 11 is 0. The molecule has 4 heteroatoms. The summed E-state index contributed by atoms with van der Waals surface area (Å²) in [4.78, 5) is 2.28. The molecule has 2 aromatic heterocycles. The van der Waals surface area contributed by atoms with Gasteiger partial charge in [-0.05, 0) is 94.5 Å². The molecule has 0 saturated heterocycles. The van der Waals surface area contributed by atoms with Crippen molar-refractivity contribution in [3.8, 4) is 27.9 Å². The van der Waals surface area contributed by atoms with Gasteiger partial charge in [0.25, 0.3) is 0 Å². The minimum Gasteiger partial charge on any atom is -0.456 e. The summed E-state index contributed by atoms with van der Waals surface area (Å²) in [5.41, 5.74) is 20.4. The Bertz CT molecular complexity index is 2910. The highest BCUT2D eigenvalue weighted by atomic mass is 16.3. The van der Waals surface area contributed by atoms with Gasteiger partial charge in [0, 0.05) is 45.5 Å². The SMILES string of the molecule is Nc1ccccc1N(Cc1ccc(-n2c3ccc(-c4ccccc4)cc3c3cc4c(cc32)oc2ccc(-c3ccccc3)cc24)cc1)c1ccccc1. The first kappa shape index (κ1) is 30.8. The molecule has 10 aromatic rings. The van der Waals surface area contributed by atoms with Crippen LogP contribution in [0.3, 0.4) is 0 Å². The molecule has 0 aliphatic heterocycles. The number of furan rings is 1. The highest BCUT2D eigenvalue weighted by Gasteiger charge is 2.19. The van der Waals surface area contributed by atoms with Crippen molar-refractivity contribution in [2.75, 3.05) is 10.6 Å². The maximum atomic E-state index is 6.56. The van der Waals surface area contributed by atoms with Crippen LogP contribution < -0.4 is 10.6 Å². The molecule has 252 valence electrons. The Kier molecular flexibility index (Phi) is 7.33. The third-order valence-corrected chi connectivity index (χ3v) is 10.4. The van der Waals surface area contributed by atoms with Crippen molar-refractivity contribution in [2.24, 2.45) is 0 Å². The van der Waals surface area contributed by atoms with Gasteiger partial charge in [-0.25, -0.2) is 0 Å².